The molecule has 90 valence electrons. The minimum atomic E-state index is -2.88. The average Bonchev–Trinajstić information content (AvgIpc) is 2.62. The van der Waals surface area contributed by atoms with Crippen molar-refractivity contribution >= 4 is 0 Å². The monoisotopic (exact) mass is 236 g/mol. The molecule has 0 fully saturated rings. The predicted molar refractivity (Wildman–Crippen MR) is 62.0 cm³/mol. The highest BCUT2D eigenvalue weighted by atomic mass is 19.3. The Balaban J connectivity index is 2.26. The van der Waals surface area contributed by atoms with Crippen LogP contribution < -0.4 is 0 Å². The third kappa shape index (κ3) is 2.35. The number of nitrogens with zero attached hydrogens (tertiary/aromatic N) is 2. The highest BCUT2D eigenvalue weighted by Gasteiger charge is 2.32. The summed E-state index contributed by atoms with van der Waals surface area (Å²) in [6, 6.07) is 7.86. The van der Waals surface area contributed by atoms with Gasteiger partial charge in [0, 0.05) is 11.3 Å². The summed E-state index contributed by atoms with van der Waals surface area (Å²) in [6.07, 6.45) is 1.46. The summed E-state index contributed by atoms with van der Waals surface area (Å²) in [7, 11) is 0. The van der Waals surface area contributed by atoms with E-state index in [0.29, 0.717) is 0 Å². The molecule has 4 heteroatoms. The first-order valence-electron chi connectivity index (χ1n) is 5.42. The number of rotatable bonds is 3. The largest absolute Gasteiger partial charge is 0.328 e. The fourth-order valence-electron chi connectivity index (χ4n) is 1.69. The Bertz CT molecular complexity index is 503. The topological polar surface area (TPSA) is 17.8 Å². The number of imidazole rings is 1. The zero-order valence-corrected chi connectivity index (χ0v) is 9.82. The molecule has 0 bridgehead atoms. The van der Waals surface area contributed by atoms with Crippen molar-refractivity contribution in [3.63, 3.8) is 0 Å². The lowest BCUT2D eigenvalue weighted by Gasteiger charge is -2.18. The van der Waals surface area contributed by atoms with Gasteiger partial charge in [-0.1, -0.05) is 30.3 Å². The summed E-state index contributed by atoms with van der Waals surface area (Å²) < 4.78 is 29.5. The first kappa shape index (κ1) is 11.8. The van der Waals surface area contributed by atoms with E-state index in [2.05, 4.69) is 4.98 Å². The van der Waals surface area contributed by atoms with Crippen LogP contribution in [0.3, 0.4) is 0 Å². The third-order valence-electron chi connectivity index (χ3n) is 2.91. The molecule has 1 aromatic heterocycles. The summed E-state index contributed by atoms with van der Waals surface area (Å²) >= 11 is 0. The Morgan fingerprint density at radius 2 is 1.82 bits per heavy atom. The molecular weight excluding hydrogens is 222 g/mol. The number of halogens is 2. The Labute approximate surface area is 98.9 Å². The van der Waals surface area contributed by atoms with Gasteiger partial charge in [-0.2, -0.15) is 8.78 Å². The molecule has 2 nitrogen and oxygen atoms in total. The standard InChI is InChI=1S/C13H14F2N2/c1-10-11(2)17(9-16-10)8-13(14,15)12-6-4-3-5-7-12/h3-7,9H,8H2,1-2H3. The Kier molecular flexibility index (Phi) is 2.96. The van der Waals surface area contributed by atoms with E-state index in [1.165, 1.54) is 23.0 Å². The molecule has 0 radical (unpaired) electrons. The van der Waals surface area contributed by atoms with Gasteiger partial charge < -0.3 is 4.57 Å². The van der Waals surface area contributed by atoms with Crippen molar-refractivity contribution < 1.29 is 8.78 Å². The minimum absolute atomic E-state index is 0.0331. The molecule has 0 N–H and O–H groups in total. The molecule has 0 aliphatic heterocycles. The molecule has 2 aromatic rings. The van der Waals surface area contributed by atoms with Crippen LogP contribution in [-0.4, -0.2) is 9.55 Å². The van der Waals surface area contributed by atoms with Gasteiger partial charge in [-0.05, 0) is 13.8 Å². The van der Waals surface area contributed by atoms with Gasteiger partial charge >= 0.3 is 0 Å². The predicted octanol–water partition coefficient (Wildman–Crippen LogP) is 3.29. The molecule has 0 amide bonds. The normalized spacial score (nSPS) is 11.8. The van der Waals surface area contributed by atoms with Gasteiger partial charge in [-0.25, -0.2) is 4.98 Å². The second kappa shape index (κ2) is 4.28. The van der Waals surface area contributed by atoms with Crippen molar-refractivity contribution in [1.29, 1.82) is 0 Å². The molecule has 17 heavy (non-hydrogen) atoms. The van der Waals surface area contributed by atoms with Gasteiger partial charge in [-0.15, -0.1) is 0 Å². The van der Waals surface area contributed by atoms with Gasteiger partial charge in [-0.3, -0.25) is 0 Å². The highest BCUT2D eigenvalue weighted by molar-refractivity contribution is 5.20. The Morgan fingerprint density at radius 1 is 1.18 bits per heavy atom. The molecule has 0 saturated carbocycles. The second-order valence-corrected chi connectivity index (χ2v) is 4.11. The lowest BCUT2D eigenvalue weighted by molar-refractivity contribution is -0.0227. The summed E-state index contributed by atoms with van der Waals surface area (Å²) in [4.78, 5) is 4.02. The van der Waals surface area contributed by atoms with Crippen molar-refractivity contribution in [3.05, 3.63) is 53.6 Å². The summed E-state index contributed by atoms with van der Waals surface area (Å²) in [5.74, 6) is -2.88. The molecule has 0 aliphatic carbocycles. The first-order valence-corrected chi connectivity index (χ1v) is 5.42. The zero-order valence-electron chi connectivity index (χ0n) is 9.82. The molecule has 0 aliphatic rings. The van der Waals surface area contributed by atoms with Crippen molar-refractivity contribution in [2.75, 3.05) is 0 Å². The second-order valence-electron chi connectivity index (χ2n) is 4.11. The van der Waals surface area contributed by atoms with Gasteiger partial charge in [0.15, 0.2) is 0 Å². The fourth-order valence-corrected chi connectivity index (χ4v) is 1.69. The highest BCUT2D eigenvalue weighted by Crippen LogP contribution is 2.30. The van der Waals surface area contributed by atoms with Crippen LogP contribution in [-0.2, 0) is 12.5 Å². The average molecular weight is 236 g/mol. The molecular formula is C13H14F2N2. The molecule has 1 heterocycles. The maximum Gasteiger partial charge on any atom is 0.290 e. The van der Waals surface area contributed by atoms with Crippen LogP contribution in [0.1, 0.15) is 17.0 Å². The molecule has 0 atom stereocenters. The maximum absolute atomic E-state index is 14.0. The van der Waals surface area contributed by atoms with E-state index in [1.807, 2.05) is 6.92 Å². The zero-order chi connectivity index (χ0) is 12.5. The van der Waals surface area contributed by atoms with E-state index in [9.17, 15) is 8.78 Å². The van der Waals surface area contributed by atoms with Gasteiger partial charge in [0.05, 0.1) is 18.6 Å². The SMILES string of the molecule is Cc1ncn(CC(F)(F)c2ccccc2)c1C. The lowest BCUT2D eigenvalue weighted by Crippen LogP contribution is -2.21. The third-order valence-corrected chi connectivity index (χ3v) is 2.91. The molecule has 0 saturated heterocycles. The summed E-state index contributed by atoms with van der Waals surface area (Å²) in [5.41, 5.74) is 1.60. The van der Waals surface area contributed by atoms with E-state index in [-0.39, 0.29) is 12.1 Å². The first-order chi connectivity index (χ1) is 8.00. The van der Waals surface area contributed by atoms with E-state index < -0.39 is 5.92 Å². The van der Waals surface area contributed by atoms with Gasteiger partial charge in [0.25, 0.3) is 5.92 Å². The van der Waals surface area contributed by atoms with Crippen molar-refractivity contribution in [1.82, 2.24) is 9.55 Å². The molecule has 2 rings (SSSR count). The van der Waals surface area contributed by atoms with Crippen molar-refractivity contribution in [3.8, 4) is 0 Å². The van der Waals surface area contributed by atoms with Crippen LogP contribution >= 0.6 is 0 Å². The van der Waals surface area contributed by atoms with E-state index in [1.54, 1.807) is 25.1 Å². The van der Waals surface area contributed by atoms with Gasteiger partial charge in [0.2, 0.25) is 0 Å². The van der Waals surface area contributed by atoms with E-state index >= 15 is 0 Å². The van der Waals surface area contributed by atoms with Crippen LogP contribution in [0.4, 0.5) is 8.78 Å². The summed E-state index contributed by atoms with van der Waals surface area (Å²) in [6.45, 7) is 3.24. The van der Waals surface area contributed by atoms with Crippen LogP contribution in [0.15, 0.2) is 36.7 Å². The Morgan fingerprint density at radius 3 is 2.35 bits per heavy atom. The number of alkyl halides is 2. The van der Waals surface area contributed by atoms with Gasteiger partial charge in [0.1, 0.15) is 0 Å². The van der Waals surface area contributed by atoms with Crippen LogP contribution in [0.25, 0.3) is 0 Å². The number of aryl methyl sites for hydroxylation is 1. The van der Waals surface area contributed by atoms with Crippen LogP contribution in [0.5, 0.6) is 0 Å². The maximum atomic E-state index is 14.0. The quantitative estimate of drug-likeness (QED) is 0.799. The molecule has 1 aromatic carbocycles. The van der Waals surface area contributed by atoms with Crippen LogP contribution in [0.2, 0.25) is 0 Å². The number of aromatic nitrogens is 2. The lowest BCUT2D eigenvalue weighted by atomic mass is 10.1. The molecule has 0 spiro atoms. The molecule has 0 unspecified atom stereocenters. The van der Waals surface area contributed by atoms with Crippen LogP contribution in [0, 0.1) is 13.8 Å². The Hall–Kier alpha value is -1.71. The van der Waals surface area contributed by atoms with Crippen molar-refractivity contribution in [2.45, 2.75) is 26.3 Å². The summed E-state index contributed by atoms with van der Waals surface area (Å²) in [5, 5.41) is 0. The minimum Gasteiger partial charge on any atom is -0.328 e. The van der Waals surface area contributed by atoms with E-state index in [0.717, 1.165) is 11.4 Å². The smallest absolute Gasteiger partial charge is 0.290 e. The number of hydrogen-bond donors (Lipinski definition) is 0. The fraction of sp³-hybridized carbons (Fsp3) is 0.308. The number of benzene rings is 1. The van der Waals surface area contributed by atoms with Crippen molar-refractivity contribution in [2.24, 2.45) is 0 Å². The number of hydrogen-bond acceptors (Lipinski definition) is 1. The van der Waals surface area contributed by atoms with E-state index in [4.69, 9.17) is 0 Å².